The lowest BCUT2D eigenvalue weighted by Gasteiger charge is -2.11. The number of hydrogen-bond acceptors (Lipinski definition) is 7. The maximum atomic E-state index is 13.5. The lowest BCUT2D eigenvalue weighted by molar-refractivity contribution is 0.0950. The fraction of sp³-hybridized carbons (Fsp3) is 0.182. The van der Waals surface area contributed by atoms with Gasteiger partial charge in [0.15, 0.2) is 0 Å². The van der Waals surface area contributed by atoms with Crippen molar-refractivity contribution in [3.8, 4) is 28.5 Å². The van der Waals surface area contributed by atoms with Crippen LogP contribution in [0.2, 0.25) is 0 Å². The zero-order valence-electron chi connectivity index (χ0n) is 17.3. The minimum absolute atomic E-state index is 0.0578. The van der Waals surface area contributed by atoms with Gasteiger partial charge < -0.3 is 14.2 Å². The summed E-state index contributed by atoms with van der Waals surface area (Å²) in [7, 11) is 2.97. The molecular formula is C22H21FN4O4. The number of carbonyl (C=O) groups excluding carboxylic acids is 1. The zero-order chi connectivity index (χ0) is 22.2. The molecule has 0 aliphatic carbocycles. The number of nitrogens with zero attached hydrogens (tertiary/aromatic N) is 3. The number of amides is 1. The highest BCUT2D eigenvalue weighted by Gasteiger charge is 2.13. The van der Waals surface area contributed by atoms with Crippen LogP contribution in [0.1, 0.15) is 23.0 Å². The molecule has 31 heavy (non-hydrogen) atoms. The van der Waals surface area contributed by atoms with Crippen LogP contribution in [0.3, 0.4) is 0 Å². The van der Waals surface area contributed by atoms with E-state index < -0.39 is 11.7 Å². The predicted octanol–water partition coefficient (Wildman–Crippen LogP) is 3.46. The number of carbonyl (C=O) groups is 1. The second kappa shape index (κ2) is 10.1. The molecule has 0 aliphatic rings. The molecule has 0 aliphatic heterocycles. The van der Waals surface area contributed by atoms with Crippen LogP contribution >= 0.6 is 0 Å². The second-order valence-electron chi connectivity index (χ2n) is 6.21. The van der Waals surface area contributed by atoms with Crippen molar-refractivity contribution in [3.63, 3.8) is 0 Å². The third-order valence-electron chi connectivity index (χ3n) is 4.14. The normalized spacial score (nSPS) is 10.7. The van der Waals surface area contributed by atoms with E-state index in [1.165, 1.54) is 45.0 Å². The number of benzene rings is 2. The van der Waals surface area contributed by atoms with Gasteiger partial charge >= 0.3 is 0 Å². The van der Waals surface area contributed by atoms with E-state index in [0.717, 1.165) is 0 Å². The van der Waals surface area contributed by atoms with Crippen molar-refractivity contribution in [2.75, 3.05) is 20.8 Å². The van der Waals surface area contributed by atoms with Crippen LogP contribution < -0.4 is 19.6 Å². The maximum Gasteiger partial charge on any atom is 0.291 e. The van der Waals surface area contributed by atoms with E-state index >= 15 is 0 Å². The molecule has 9 heteroatoms. The molecule has 0 spiro atoms. The van der Waals surface area contributed by atoms with Gasteiger partial charge in [-0.2, -0.15) is 5.10 Å². The van der Waals surface area contributed by atoms with E-state index in [4.69, 9.17) is 14.2 Å². The van der Waals surface area contributed by atoms with E-state index in [1.54, 1.807) is 24.3 Å². The van der Waals surface area contributed by atoms with Crippen LogP contribution in [0.25, 0.3) is 11.3 Å². The van der Waals surface area contributed by atoms with Crippen molar-refractivity contribution in [3.05, 3.63) is 65.9 Å². The van der Waals surface area contributed by atoms with E-state index in [1.807, 2.05) is 6.92 Å². The van der Waals surface area contributed by atoms with Gasteiger partial charge in [-0.25, -0.2) is 14.8 Å². The lowest BCUT2D eigenvalue weighted by atomic mass is 10.1. The van der Waals surface area contributed by atoms with Crippen LogP contribution in [0, 0.1) is 5.82 Å². The average Bonchev–Trinajstić information content (AvgIpc) is 2.78. The minimum atomic E-state index is -0.570. The molecule has 160 valence electrons. The van der Waals surface area contributed by atoms with Gasteiger partial charge in [-0.15, -0.1) is 0 Å². The molecule has 0 fully saturated rings. The summed E-state index contributed by atoms with van der Waals surface area (Å²) in [6, 6.07) is 9.39. The van der Waals surface area contributed by atoms with Crippen LogP contribution in [-0.4, -0.2) is 42.9 Å². The molecule has 8 nitrogen and oxygen atoms in total. The first-order valence-electron chi connectivity index (χ1n) is 9.35. The Morgan fingerprint density at radius 1 is 1.13 bits per heavy atom. The number of ether oxygens (including phenoxy) is 3. The number of hydrogen-bond donors (Lipinski definition) is 1. The Labute approximate surface area is 178 Å². The average molecular weight is 424 g/mol. The summed E-state index contributed by atoms with van der Waals surface area (Å²) in [6.07, 6.45) is 4.15. The smallest absolute Gasteiger partial charge is 0.291 e. The Balaban J connectivity index is 1.77. The predicted molar refractivity (Wildman–Crippen MR) is 113 cm³/mol. The lowest BCUT2D eigenvalue weighted by Crippen LogP contribution is -2.19. The number of nitrogens with one attached hydrogen (secondary N) is 1. The molecular weight excluding hydrogens is 403 g/mol. The Hall–Kier alpha value is -4.01. The van der Waals surface area contributed by atoms with Crippen molar-refractivity contribution >= 4 is 12.1 Å². The van der Waals surface area contributed by atoms with Crippen molar-refractivity contribution in [1.29, 1.82) is 0 Å². The largest absolute Gasteiger partial charge is 0.497 e. The number of methoxy groups -OCH3 is 2. The number of aromatic nitrogens is 2. The summed E-state index contributed by atoms with van der Waals surface area (Å²) in [5.74, 6) is 0.494. The quantitative estimate of drug-likeness (QED) is 0.440. The van der Waals surface area contributed by atoms with E-state index in [9.17, 15) is 9.18 Å². The summed E-state index contributed by atoms with van der Waals surface area (Å²) in [5, 5.41) is 3.85. The highest BCUT2D eigenvalue weighted by Crippen LogP contribution is 2.32. The minimum Gasteiger partial charge on any atom is -0.497 e. The van der Waals surface area contributed by atoms with Gasteiger partial charge in [0.2, 0.25) is 0 Å². The van der Waals surface area contributed by atoms with Crippen molar-refractivity contribution in [2.24, 2.45) is 5.10 Å². The van der Waals surface area contributed by atoms with Gasteiger partial charge in [-0.05, 0) is 31.2 Å². The third kappa shape index (κ3) is 5.53. The maximum absolute atomic E-state index is 13.5. The molecule has 1 heterocycles. The van der Waals surface area contributed by atoms with Gasteiger partial charge in [0.25, 0.3) is 5.91 Å². The fourth-order valence-electron chi connectivity index (χ4n) is 2.74. The molecule has 0 saturated heterocycles. The zero-order valence-corrected chi connectivity index (χ0v) is 17.3. The van der Waals surface area contributed by atoms with Crippen LogP contribution in [0.15, 0.2) is 53.9 Å². The van der Waals surface area contributed by atoms with E-state index in [0.29, 0.717) is 40.7 Å². The summed E-state index contributed by atoms with van der Waals surface area (Å²) in [5.41, 5.74) is 3.94. The first-order chi connectivity index (χ1) is 15.0. The van der Waals surface area contributed by atoms with E-state index in [2.05, 4.69) is 20.5 Å². The molecule has 1 aromatic heterocycles. The monoisotopic (exact) mass is 424 g/mol. The van der Waals surface area contributed by atoms with Crippen molar-refractivity contribution in [2.45, 2.75) is 6.92 Å². The van der Waals surface area contributed by atoms with Gasteiger partial charge in [0, 0.05) is 23.3 Å². The molecule has 1 N–H and O–H groups in total. The van der Waals surface area contributed by atoms with Gasteiger partial charge in [-0.3, -0.25) is 9.78 Å². The second-order valence-corrected chi connectivity index (χ2v) is 6.21. The van der Waals surface area contributed by atoms with Crippen LogP contribution in [0.5, 0.6) is 17.2 Å². The third-order valence-corrected chi connectivity index (χ3v) is 4.14. The van der Waals surface area contributed by atoms with Gasteiger partial charge in [-0.1, -0.05) is 0 Å². The van der Waals surface area contributed by atoms with Crippen LogP contribution in [-0.2, 0) is 0 Å². The Kier molecular flexibility index (Phi) is 7.10. The molecule has 2 aromatic carbocycles. The molecule has 0 atom stereocenters. The number of rotatable bonds is 8. The van der Waals surface area contributed by atoms with Crippen molar-refractivity contribution in [1.82, 2.24) is 15.4 Å². The topological polar surface area (TPSA) is 94.9 Å². The standard InChI is InChI=1S/C22H21FN4O4/c1-4-31-16-5-6-18(21(10-16)30-3)19-12-24-13-20(26-19)22(28)27-25-11-14-7-15(23)9-17(8-14)29-2/h5-13H,4H2,1-3H3,(H,27,28). The van der Waals surface area contributed by atoms with E-state index in [-0.39, 0.29) is 5.69 Å². The highest BCUT2D eigenvalue weighted by atomic mass is 19.1. The molecule has 0 saturated carbocycles. The van der Waals surface area contributed by atoms with Crippen LogP contribution in [0.4, 0.5) is 4.39 Å². The van der Waals surface area contributed by atoms with Gasteiger partial charge in [0.1, 0.15) is 28.8 Å². The first-order valence-corrected chi connectivity index (χ1v) is 9.35. The Bertz CT molecular complexity index is 1100. The SMILES string of the molecule is CCOc1ccc(-c2cncc(C(=O)NN=Cc3cc(F)cc(OC)c3)n2)c(OC)c1. The summed E-state index contributed by atoms with van der Waals surface area (Å²) in [4.78, 5) is 20.9. The first kappa shape index (κ1) is 21.7. The molecule has 0 unspecified atom stereocenters. The Morgan fingerprint density at radius 3 is 2.71 bits per heavy atom. The number of hydrazone groups is 1. The molecule has 1 amide bonds. The van der Waals surface area contributed by atoms with Gasteiger partial charge in [0.05, 0.1) is 45.1 Å². The molecule has 3 aromatic rings. The number of halogens is 1. The molecule has 3 rings (SSSR count). The molecule has 0 bridgehead atoms. The summed E-state index contributed by atoms with van der Waals surface area (Å²) < 4.78 is 29.4. The summed E-state index contributed by atoms with van der Waals surface area (Å²) >= 11 is 0. The summed E-state index contributed by atoms with van der Waals surface area (Å²) in [6.45, 7) is 2.42. The highest BCUT2D eigenvalue weighted by molar-refractivity contribution is 5.93. The Morgan fingerprint density at radius 2 is 1.97 bits per heavy atom. The van der Waals surface area contributed by atoms with Crippen molar-refractivity contribution < 1.29 is 23.4 Å². The molecule has 0 radical (unpaired) electrons. The fourth-order valence-corrected chi connectivity index (χ4v) is 2.74.